The van der Waals surface area contributed by atoms with E-state index in [9.17, 15) is 13.2 Å². The third-order valence-electron chi connectivity index (χ3n) is 5.74. The first-order valence-corrected chi connectivity index (χ1v) is 10.5. The van der Waals surface area contributed by atoms with Crippen LogP contribution in [0.4, 0.5) is 13.2 Å². The number of ether oxygens (including phenoxy) is 1. The molecular weight excluding hydrogens is 385 g/mol. The minimum Gasteiger partial charge on any atom is -0.435 e. The van der Waals surface area contributed by atoms with E-state index in [1.165, 1.54) is 48.9 Å². The standard InChI is InChI=1S/C26H25F3O/c1-2-3-4-5-6-17-7-12-22-19(13-17)14-20-15-24(25(27)16-23(20)22)18-8-10-21(11-9-18)30-26(28)29/h7-13,15-16,26H,2-6,14H2,1H3. The van der Waals surface area contributed by atoms with Crippen molar-refractivity contribution in [3.8, 4) is 28.0 Å². The molecule has 1 aliphatic carbocycles. The fourth-order valence-corrected chi connectivity index (χ4v) is 4.22. The zero-order chi connectivity index (χ0) is 21.1. The summed E-state index contributed by atoms with van der Waals surface area (Å²) >= 11 is 0. The van der Waals surface area contributed by atoms with Crippen LogP contribution >= 0.6 is 0 Å². The van der Waals surface area contributed by atoms with Gasteiger partial charge in [0.05, 0.1) is 0 Å². The normalized spacial score (nSPS) is 12.2. The first-order chi connectivity index (χ1) is 14.5. The molecule has 0 saturated carbocycles. The average Bonchev–Trinajstić information content (AvgIpc) is 3.07. The number of benzene rings is 3. The molecule has 1 nitrogen and oxygen atoms in total. The highest BCUT2D eigenvalue weighted by Gasteiger charge is 2.21. The molecule has 3 aromatic carbocycles. The molecule has 0 atom stereocenters. The van der Waals surface area contributed by atoms with Crippen molar-refractivity contribution in [2.45, 2.75) is 52.1 Å². The van der Waals surface area contributed by atoms with Gasteiger partial charge in [-0.05, 0) is 76.9 Å². The highest BCUT2D eigenvalue weighted by atomic mass is 19.3. The van der Waals surface area contributed by atoms with Gasteiger partial charge in [0.15, 0.2) is 0 Å². The maximum atomic E-state index is 14.9. The lowest BCUT2D eigenvalue weighted by molar-refractivity contribution is -0.0498. The van der Waals surface area contributed by atoms with Crippen molar-refractivity contribution in [2.75, 3.05) is 0 Å². The molecule has 4 rings (SSSR count). The van der Waals surface area contributed by atoms with Crippen LogP contribution in [0.1, 0.15) is 49.3 Å². The van der Waals surface area contributed by atoms with Crippen LogP contribution in [0.3, 0.4) is 0 Å². The summed E-state index contributed by atoms with van der Waals surface area (Å²) in [7, 11) is 0. The summed E-state index contributed by atoms with van der Waals surface area (Å²) < 4.78 is 44.0. The van der Waals surface area contributed by atoms with E-state index in [4.69, 9.17) is 0 Å². The number of aryl methyl sites for hydroxylation is 1. The van der Waals surface area contributed by atoms with E-state index in [2.05, 4.69) is 29.9 Å². The number of halogens is 3. The second kappa shape index (κ2) is 8.95. The van der Waals surface area contributed by atoms with E-state index in [0.29, 0.717) is 11.1 Å². The highest BCUT2D eigenvalue weighted by Crippen LogP contribution is 2.40. The minimum atomic E-state index is -2.87. The maximum absolute atomic E-state index is 14.9. The Balaban J connectivity index is 1.55. The maximum Gasteiger partial charge on any atom is 0.387 e. The summed E-state index contributed by atoms with van der Waals surface area (Å²) in [6, 6.07) is 16.1. The molecule has 0 amide bonds. The molecule has 0 heterocycles. The van der Waals surface area contributed by atoms with E-state index in [1.807, 2.05) is 6.07 Å². The van der Waals surface area contributed by atoms with Crippen molar-refractivity contribution < 1.29 is 17.9 Å². The van der Waals surface area contributed by atoms with Crippen LogP contribution in [0.5, 0.6) is 5.75 Å². The zero-order valence-electron chi connectivity index (χ0n) is 17.1. The Hall–Kier alpha value is -2.75. The number of hydrogen-bond acceptors (Lipinski definition) is 1. The smallest absolute Gasteiger partial charge is 0.387 e. The zero-order valence-corrected chi connectivity index (χ0v) is 17.1. The van der Waals surface area contributed by atoms with Crippen LogP contribution in [0, 0.1) is 5.82 Å². The summed E-state index contributed by atoms with van der Waals surface area (Å²) in [5.41, 5.74) is 6.85. The van der Waals surface area contributed by atoms with Gasteiger partial charge in [-0.15, -0.1) is 0 Å². The van der Waals surface area contributed by atoms with Gasteiger partial charge >= 0.3 is 6.61 Å². The summed E-state index contributed by atoms with van der Waals surface area (Å²) in [4.78, 5) is 0. The number of fused-ring (bicyclic) bond motifs is 3. The van der Waals surface area contributed by atoms with Crippen molar-refractivity contribution in [1.82, 2.24) is 0 Å². The van der Waals surface area contributed by atoms with Gasteiger partial charge in [0, 0.05) is 5.56 Å². The molecule has 3 aromatic rings. The Morgan fingerprint density at radius 1 is 0.833 bits per heavy atom. The van der Waals surface area contributed by atoms with Crippen LogP contribution < -0.4 is 4.74 Å². The van der Waals surface area contributed by atoms with Crippen molar-refractivity contribution in [3.63, 3.8) is 0 Å². The van der Waals surface area contributed by atoms with Gasteiger partial charge in [-0.1, -0.05) is 56.5 Å². The van der Waals surface area contributed by atoms with E-state index >= 15 is 0 Å². The van der Waals surface area contributed by atoms with Gasteiger partial charge in [0.1, 0.15) is 11.6 Å². The molecule has 0 radical (unpaired) electrons. The van der Waals surface area contributed by atoms with E-state index in [0.717, 1.165) is 29.5 Å². The quantitative estimate of drug-likeness (QED) is 0.269. The van der Waals surface area contributed by atoms with E-state index in [1.54, 1.807) is 18.2 Å². The third kappa shape index (κ3) is 4.38. The molecule has 4 heteroatoms. The lowest BCUT2D eigenvalue weighted by Crippen LogP contribution is -2.01. The lowest BCUT2D eigenvalue weighted by Gasteiger charge is -2.09. The summed E-state index contributed by atoms with van der Waals surface area (Å²) in [5, 5.41) is 0. The van der Waals surface area contributed by atoms with Crippen LogP contribution in [0.2, 0.25) is 0 Å². The number of unbranched alkanes of at least 4 members (excludes halogenated alkanes) is 3. The van der Waals surface area contributed by atoms with Gasteiger partial charge < -0.3 is 4.74 Å². The van der Waals surface area contributed by atoms with Gasteiger partial charge in [-0.2, -0.15) is 8.78 Å². The van der Waals surface area contributed by atoms with Gasteiger partial charge in [0.2, 0.25) is 0 Å². The fraction of sp³-hybridized carbons (Fsp3) is 0.308. The average molecular weight is 410 g/mol. The SMILES string of the molecule is CCCCCCc1ccc2c(c1)Cc1cc(-c3ccc(OC(F)F)cc3)c(F)cc1-2. The van der Waals surface area contributed by atoms with Crippen molar-refractivity contribution >= 4 is 0 Å². The van der Waals surface area contributed by atoms with Crippen LogP contribution in [0.25, 0.3) is 22.3 Å². The van der Waals surface area contributed by atoms with Crippen molar-refractivity contribution in [2.24, 2.45) is 0 Å². The second-order valence-corrected chi connectivity index (χ2v) is 7.87. The molecule has 0 N–H and O–H groups in total. The Morgan fingerprint density at radius 2 is 1.60 bits per heavy atom. The summed E-state index contributed by atoms with van der Waals surface area (Å²) in [5.74, 6) is -0.248. The summed E-state index contributed by atoms with van der Waals surface area (Å²) in [6.07, 6.45) is 6.82. The highest BCUT2D eigenvalue weighted by molar-refractivity contribution is 5.81. The van der Waals surface area contributed by atoms with Crippen molar-refractivity contribution in [1.29, 1.82) is 0 Å². The molecule has 0 aromatic heterocycles. The molecule has 30 heavy (non-hydrogen) atoms. The third-order valence-corrected chi connectivity index (χ3v) is 5.74. The first kappa shape index (κ1) is 20.5. The first-order valence-electron chi connectivity index (χ1n) is 10.5. The minimum absolute atomic E-state index is 0.0641. The predicted octanol–water partition coefficient (Wildman–Crippen LogP) is 7.79. The van der Waals surface area contributed by atoms with Gasteiger partial charge in [-0.25, -0.2) is 4.39 Å². The summed E-state index contributed by atoms with van der Waals surface area (Å²) in [6.45, 7) is -0.659. The molecule has 156 valence electrons. The molecule has 0 aliphatic heterocycles. The number of hydrogen-bond donors (Lipinski definition) is 0. The number of rotatable bonds is 8. The largest absolute Gasteiger partial charge is 0.435 e. The molecule has 1 aliphatic rings. The molecule has 0 fully saturated rings. The van der Waals surface area contributed by atoms with Gasteiger partial charge in [-0.3, -0.25) is 0 Å². The number of alkyl halides is 2. The Kier molecular flexibility index (Phi) is 6.12. The monoisotopic (exact) mass is 410 g/mol. The molecule has 0 bridgehead atoms. The molecular formula is C26H25F3O. The van der Waals surface area contributed by atoms with Gasteiger partial charge in [0.25, 0.3) is 0 Å². The molecule has 0 unspecified atom stereocenters. The lowest BCUT2D eigenvalue weighted by atomic mass is 9.98. The molecule has 0 saturated heterocycles. The Labute approximate surface area is 175 Å². The van der Waals surface area contributed by atoms with Crippen LogP contribution in [-0.4, -0.2) is 6.61 Å². The predicted molar refractivity (Wildman–Crippen MR) is 115 cm³/mol. The van der Waals surface area contributed by atoms with Crippen LogP contribution in [0.15, 0.2) is 54.6 Å². The molecule has 0 spiro atoms. The topological polar surface area (TPSA) is 9.23 Å². The Bertz CT molecular complexity index is 1030. The van der Waals surface area contributed by atoms with E-state index < -0.39 is 6.61 Å². The van der Waals surface area contributed by atoms with Crippen molar-refractivity contribution in [3.05, 3.63) is 77.1 Å². The second-order valence-electron chi connectivity index (χ2n) is 7.87. The van der Waals surface area contributed by atoms with Crippen LogP contribution in [-0.2, 0) is 12.8 Å². The Morgan fingerprint density at radius 3 is 2.33 bits per heavy atom. The fourth-order valence-electron chi connectivity index (χ4n) is 4.22. The van der Waals surface area contributed by atoms with E-state index in [-0.39, 0.29) is 11.6 Å².